The molecule has 0 saturated carbocycles. The van der Waals surface area contributed by atoms with Gasteiger partial charge < -0.3 is 10.0 Å². The summed E-state index contributed by atoms with van der Waals surface area (Å²) in [5.41, 5.74) is 1.50. The van der Waals surface area contributed by atoms with Gasteiger partial charge in [0, 0.05) is 24.2 Å². The number of carbonyl (C=O) groups is 1. The summed E-state index contributed by atoms with van der Waals surface area (Å²) in [4.78, 5) is 13.6. The summed E-state index contributed by atoms with van der Waals surface area (Å²) in [6.45, 7) is 6.24. The molecule has 0 spiro atoms. The van der Waals surface area contributed by atoms with E-state index >= 15 is 0 Å². The molecule has 0 fully saturated rings. The normalized spacial score (nSPS) is 10.7. The van der Waals surface area contributed by atoms with Gasteiger partial charge in [-0.3, -0.25) is 0 Å². The highest BCUT2D eigenvalue weighted by Crippen LogP contribution is 2.29. The Kier molecular flexibility index (Phi) is 4.61. The van der Waals surface area contributed by atoms with Crippen LogP contribution in [0.4, 0.5) is 5.69 Å². The van der Waals surface area contributed by atoms with Crippen molar-refractivity contribution in [3.8, 4) is 0 Å². The molecular formula is C17H21NO2. The zero-order chi connectivity index (χ0) is 14.5. The summed E-state index contributed by atoms with van der Waals surface area (Å²) in [5.74, 6) is -0.871. The maximum Gasteiger partial charge on any atom is 0.336 e. The minimum Gasteiger partial charge on any atom is -0.478 e. The number of hydrogen-bond acceptors (Lipinski definition) is 2. The van der Waals surface area contributed by atoms with E-state index in [0.29, 0.717) is 5.56 Å². The van der Waals surface area contributed by atoms with Crippen LogP contribution < -0.4 is 4.90 Å². The largest absolute Gasteiger partial charge is 0.478 e. The van der Waals surface area contributed by atoms with Crippen molar-refractivity contribution < 1.29 is 9.90 Å². The number of unbranched alkanes of at least 4 members (excludes halogenated alkanes) is 1. The maximum atomic E-state index is 11.3. The standard InChI is InChI=1S/C17H21NO2/c1-3-5-12-18(4-2)16-11-10-15(17(19)20)13-8-6-7-9-14(13)16/h6-11H,3-5,12H2,1-2H3,(H,19,20). The molecule has 0 bridgehead atoms. The first-order chi connectivity index (χ1) is 9.69. The van der Waals surface area contributed by atoms with Gasteiger partial charge in [-0.15, -0.1) is 0 Å². The van der Waals surface area contributed by atoms with E-state index in [2.05, 4.69) is 18.7 Å². The van der Waals surface area contributed by atoms with Crippen molar-refractivity contribution in [3.63, 3.8) is 0 Å². The smallest absolute Gasteiger partial charge is 0.336 e. The molecule has 0 aromatic heterocycles. The number of rotatable bonds is 6. The van der Waals surface area contributed by atoms with Gasteiger partial charge in [0.1, 0.15) is 0 Å². The number of nitrogens with zero attached hydrogens (tertiary/aromatic N) is 1. The zero-order valence-corrected chi connectivity index (χ0v) is 12.1. The Bertz CT molecular complexity index is 607. The minimum absolute atomic E-state index is 0.371. The van der Waals surface area contributed by atoms with Crippen LogP contribution in [0.25, 0.3) is 10.8 Å². The predicted octanol–water partition coefficient (Wildman–Crippen LogP) is 4.16. The van der Waals surface area contributed by atoms with Crippen LogP contribution >= 0.6 is 0 Å². The van der Waals surface area contributed by atoms with Gasteiger partial charge in [-0.25, -0.2) is 4.79 Å². The first-order valence-corrected chi connectivity index (χ1v) is 7.19. The fourth-order valence-corrected chi connectivity index (χ4v) is 2.54. The van der Waals surface area contributed by atoms with Gasteiger partial charge in [0.05, 0.1) is 5.56 Å². The second-order valence-corrected chi connectivity index (χ2v) is 4.92. The third-order valence-electron chi connectivity index (χ3n) is 3.64. The Morgan fingerprint density at radius 1 is 1.10 bits per heavy atom. The van der Waals surface area contributed by atoms with E-state index in [1.807, 2.05) is 30.3 Å². The van der Waals surface area contributed by atoms with Crippen LogP contribution in [0.15, 0.2) is 36.4 Å². The molecule has 0 aliphatic carbocycles. The number of hydrogen-bond donors (Lipinski definition) is 1. The highest BCUT2D eigenvalue weighted by atomic mass is 16.4. The first-order valence-electron chi connectivity index (χ1n) is 7.19. The third kappa shape index (κ3) is 2.77. The molecule has 3 nitrogen and oxygen atoms in total. The molecule has 20 heavy (non-hydrogen) atoms. The Morgan fingerprint density at radius 3 is 2.40 bits per heavy atom. The Balaban J connectivity index is 2.54. The lowest BCUT2D eigenvalue weighted by Gasteiger charge is -2.25. The van der Waals surface area contributed by atoms with Crippen LogP contribution in [-0.4, -0.2) is 24.2 Å². The van der Waals surface area contributed by atoms with Crippen molar-refractivity contribution in [1.29, 1.82) is 0 Å². The van der Waals surface area contributed by atoms with Crippen molar-refractivity contribution in [2.24, 2.45) is 0 Å². The molecule has 2 aromatic rings. The van der Waals surface area contributed by atoms with E-state index in [4.69, 9.17) is 0 Å². The van der Waals surface area contributed by atoms with Gasteiger partial charge in [0.2, 0.25) is 0 Å². The van der Waals surface area contributed by atoms with E-state index < -0.39 is 5.97 Å². The number of aromatic carboxylic acids is 1. The lowest BCUT2D eigenvalue weighted by Crippen LogP contribution is -2.24. The Morgan fingerprint density at radius 2 is 1.80 bits per heavy atom. The van der Waals surface area contributed by atoms with Crippen molar-refractivity contribution in [2.45, 2.75) is 26.7 Å². The monoisotopic (exact) mass is 271 g/mol. The van der Waals surface area contributed by atoms with Crippen molar-refractivity contribution >= 4 is 22.4 Å². The van der Waals surface area contributed by atoms with E-state index in [0.717, 1.165) is 42.4 Å². The van der Waals surface area contributed by atoms with Gasteiger partial charge in [-0.05, 0) is 30.9 Å². The summed E-state index contributed by atoms with van der Waals surface area (Å²) in [7, 11) is 0. The topological polar surface area (TPSA) is 40.5 Å². The van der Waals surface area contributed by atoms with Crippen LogP contribution in [0, 0.1) is 0 Å². The van der Waals surface area contributed by atoms with E-state index in [9.17, 15) is 9.90 Å². The summed E-state index contributed by atoms with van der Waals surface area (Å²) in [6, 6.07) is 11.4. The Labute approximate surface area is 119 Å². The Hall–Kier alpha value is -2.03. The third-order valence-corrected chi connectivity index (χ3v) is 3.64. The van der Waals surface area contributed by atoms with E-state index in [1.54, 1.807) is 6.07 Å². The summed E-state index contributed by atoms with van der Waals surface area (Å²) < 4.78 is 0. The number of benzene rings is 2. The molecule has 0 heterocycles. The van der Waals surface area contributed by atoms with Crippen LogP contribution in [0.5, 0.6) is 0 Å². The second-order valence-electron chi connectivity index (χ2n) is 4.92. The molecule has 0 aliphatic heterocycles. The van der Waals surface area contributed by atoms with Crippen molar-refractivity contribution in [1.82, 2.24) is 0 Å². The average Bonchev–Trinajstić information content (AvgIpc) is 2.47. The molecule has 2 aromatic carbocycles. The van der Waals surface area contributed by atoms with Crippen LogP contribution in [0.2, 0.25) is 0 Å². The average molecular weight is 271 g/mol. The van der Waals surface area contributed by atoms with Crippen LogP contribution in [-0.2, 0) is 0 Å². The van der Waals surface area contributed by atoms with Crippen molar-refractivity contribution in [2.75, 3.05) is 18.0 Å². The number of carboxylic acids is 1. The molecular weight excluding hydrogens is 250 g/mol. The fraction of sp³-hybridized carbons (Fsp3) is 0.353. The number of anilines is 1. The SMILES string of the molecule is CCCCN(CC)c1ccc(C(=O)O)c2ccccc12. The molecule has 0 unspecified atom stereocenters. The van der Waals surface area contributed by atoms with Crippen molar-refractivity contribution in [3.05, 3.63) is 42.0 Å². The maximum absolute atomic E-state index is 11.3. The molecule has 0 amide bonds. The van der Waals surface area contributed by atoms with E-state index in [1.165, 1.54) is 0 Å². The van der Waals surface area contributed by atoms with Crippen LogP contribution in [0.3, 0.4) is 0 Å². The fourth-order valence-electron chi connectivity index (χ4n) is 2.54. The van der Waals surface area contributed by atoms with Crippen LogP contribution in [0.1, 0.15) is 37.0 Å². The van der Waals surface area contributed by atoms with Gasteiger partial charge in [0.25, 0.3) is 0 Å². The zero-order valence-electron chi connectivity index (χ0n) is 12.1. The second kappa shape index (κ2) is 6.42. The molecule has 0 aliphatic rings. The summed E-state index contributed by atoms with van der Waals surface area (Å²) >= 11 is 0. The van der Waals surface area contributed by atoms with Gasteiger partial charge >= 0.3 is 5.97 Å². The van der Waals surface area contributed by atoms with E-state index in [-0.39, 0.29) is 0 Å². The molecule has 3 heteroatoms. The molecule has 0 saturated heterocycles. The van der Waals surface area contributed by atoms with Gasteiger partial charge in [0.15, 0.2) is 0 Å². The number of carboxylic acid groups (broad SMARTS) is 1. The minimum atomic E-state index is -0.871. The number of fused-ring (bicyclic) bond motifs is 1. The highest BCUT2D eigenvalue weighted by molar-refractivity contribution is 6.07. The van der Waals surface area contributed by atoms with Gasteiger partial charge in [-0.1, -0.05) is 37.6 Å². The highest BCUT2D eigenvalue weighted by Gasteiger charge is 2.13. The molecule has 1 N–H and O–H groups in total. The first kappa shape index (κ1) is 14.4. The summed E-state index contributed by atoms with van der Waals surface area (Å²) in [5, 5.41) is 11.1. The summed E-state index contributed by atoms with van der Waals surface area (Å²) in [6.07, 6.45) is 2.30. The molecule has 2 rings (SSSR count). The predicted molar refractivity (Wildman–Crippen MR) is 83.7 cm³/mol. The lowest BCUT2D eigenvalue weighted by molar-refractivity contribution is 0.0699. The quantitative estimate of drug-likeness (QED) is 0.857. The molecule has 0 atom stereocenters. The molecule has 0 radical (unpaired) electrons. The van der Waals surface area contributed by atoms with Gasteiger partial charge in [-0.2, -0.15) is 0 Å². The molecule has 106 valence electrons. The lowest BCUT2D eigenvalue weighted by atomic mass is 10.0.